The lowest BCUT2D eigenvalue weighted by Gasteiger charge is -2.35. The number of nitrogens with zero attached hydrogens (tertiary/aromatic N) is 3. The average molecular weight is 1180 g/mol. The lowest BCUT2D eigenvalue weighted by atomic mass is 9.87. The van der Waals surface area contributed by atoms with Crippen molar-refractivity contribution < 1.29 is 88.0 Å². The summed E-state index contributed by atoms with van der Waals surface area (Å²) in [6.45, 7) is 17.3. The largest absolute Gasteiger partial charge is 0.453 e. The molecule has 2 aromatic carbocycles. The van der Waals surface area contributed by atoms with Crippen LogP contribution >= 0.6 is 23.5 Å². The minimum absolute atomic E-state index is 0.00579. The molecule has 0 fully saturated rings. The Kier molecular flexibility index (Phi) is 26.5. The molecule has 0 spiro atoms. The summed E-state index contributed by atoms with van der Waals surface area (Å²) < 4.78 is 116. The van der Waals surface area contributed by atoms with Crippen molar-refractivity contribution in [1.82, 2.24) is 20.0 Å². The molecule has 1 N–H and O–H groups in total. The molecule has 2 aromatic rings. The summed E-state index contributed by atoms with van der Waals surface area (Å²) in [6, 6.07) is 4.39. The van der Waals surface area contributed by atoms with Crippen molar-refractivity contribution in [3.05, 3.63) is 59.7 Å². The van der Waals surface area contributed by atoms with Crippen LogP contribution in [0.1, 0.15) is 119 Å². The highest BCUT2D eigenvalue weighted by Crippen LogP contribution is 2.38. The maximum absolute atomic E-state index is 15.3. The summed E-state index contributed by atoms with van der Waals surface area (Å²) in [6.07, 6.45) is -7.08. The zero-order valence-electron chi connectivity index (χ0n) is 48.0. The number of halogens is 7. The number of nitrogens with one attached hydrogen (secondary N) is 1. The smallest absolute Gasteiger partial charge is 0.446 e. The molecule has 2 rings (SSSR count). The number of likely N-dealkylation sites (N-methyl/N-ethyl adjacent to an activating group) is 4. The summed E-state index contributed by atoms with van der Waals surface area (Å²) in [5, 5.41) is 2.88. The van der Waals surface area contributed by atoms with E-state index in [1.807, 2.05) is 20.8 Å². The van der Waals surface area contributed by atoms with Gasteiger partial charge in [-0.15, -0.1) is 0 Å². The summed E-state index contributed by atoms with van der Waals surface area (Å²) in [5.41, 5.74) is -11.8. The molecule has 0 bridgehead atoms. The number of ether oxygens (including phenoxy) is 4. The van der Waals surface area contributed by atoms with Crippen molar-refractivity contribution in [2.75, 3.05) is 28.2 Å². The van der Waals surface area contributed by atoms with Crippen LogP contribution in [0.2, 0.25) is 0 Å². The molecule has 16 nitrogen and oxygen atoms in total. The van der Waals surface area contributed by atoms with Gasteiger partial charge in [-0.05, 0) is 124 Å². The van der Waals surface area contributed by atoms with E-state index in [1.165, 1.54) is 45.3 Å². The molecule has 0 radical (unpaired) electrons. The maximum atomic E-state index is 15.3. The van der Waals surface area contributed by atoms with Gasteiger partial charge in [0.05, 0.1) is 0 Å². The number of benzene rings is 2. The van der Waals surface area contributed by atoms with Crippen LogP contribution in [0.25, 0.3) is 0 Å². The molecule has 0 unspecified atom stereocenters. The predicted molar refractivity (Wildman–Crippen MR) is 286 cm³/mol. The Hall–Kier alpha value is -5.43. The Morgan fingerprint density at radius 3 is 1.34 bits per heavy atom. The van der Waals surface area contributed by atoms with Crippen molar-refractivity contribution in [1.29, 1.82) is 0 Å². The Morgan fingerprint density at radius 2 is 0.938 bits per heavy atom. The number of amides is 3. The first kappa shape index (κ1) is 70.7. The molecule has 0 aliphatic rings. The van der Waals surface area contributed by atoms with Gasteiger partial charge in [0.2, 0.25) is 0 Å². The van der Waals surface area contributed by atoms with Crippen LogP contribution < -0.4 is 5.32 Å². The van der Waals surface area contributed by atoms with E-state index >= 15 is 4.39 Å². The third kappa shape index (κ3) is 24.7. The first-order valence-electron chi connectivity index (χ1n) is 25.7. The molecular formula is C55H77F7N4O12S2. The Labute approximate surface area is 472 Å². The van der Waals surface area contributed by atoms with Crippen molar-refractivity contribution in [3.63, 3.8) is 0 Å². The second kappa shape index (κ2) is 30.0. The van der Waals surface area contributed by atoms with Gasteiger partial charge < -0.3 is 39.0 Å². The fourth-order valence-corrected chi connectivity index (χ4v) is 9.25. The summed E-state index contributed by atoms with van der Waals surface area (Å²) >= 11 is -0.739. The van der Waals surface area contributed by atoms with E-state index in [0.717, 1.165) is 66.8 Å². The molecular weight excluding hydrogens is 1110 g/mol. The number of hydrogen-bond donors (Lipinski definition) is 1. The zero-order chi connectivity index (χ0) is 61.5. The maximum Gasteiger partial charge on any atom is 0.446 e. The molecule has 8 atom stereocenters. The van der Waals surface area contributed by atoms with Gasteiger partial charge in [-0.25, -0.2) is 18.8 Å². The second-order valence-corrected chi connectivity index (χ2v) is 24.7. The minimum Gasteiger partial charge on any atom is -0.453 e. The quantitative estimate of drug-likeness (QED) is 0.0278. The normalized spacial score (nSPS) is 15.4. The second-order valence-electron chi connectivity index (χ2n) is 22.5. The predicted octanol–water partition coefficient (Wildman–Crippen LogP) is 9.46. The molecule has 3 amide bonds. The summed E-state index contributed by atoms with van der Waals surface area (Å²) in [5.74, 6) is -7.03. The van der Waals surface area contributed by atoms with Gasteiger partial charge in [0.1, 0.15) is 29.8 Å². The summed E-state index contributed by atoms with van der Waals surface area (Å²) in [7, 11) is 5.15. The molecule has 0 saturated heterocycles. The first-order valence-corrected chi connectivity index (χ1v) is 27.3. The SMILES string of the molecule is CCC[C@@H](C(=O)O[C@@H](Cc1ccc(SC(F)(F)F)cc1)C(=O)N(C)[C@@H](CC(C)(C)C)C(=O)O[C@H](C)C(=O)N(C)[C@@H](CC(C)(C)F)C(=O)O[C@H](C=O)Cc1ccc(SC(F)(F)F)cc1)N(C)C(=O)[C@@H](C)OC(=O)[C@H](CC(C)(C)C)NC. The Balaban J connectivity index is 2.52. The van der Waals surface area contributed by atoms with Crippen molar-refractivity contribution in [2.24, 2.45) is 10.8 Å². The van der Waals surface area contributed by atoms with Crippen molar-refractivity contribution in [3.8, 4) is 0 Å². The van der Waals surface area contributed by atoms with Gasteiger partial charge in [0.25, 0.3) is 17.7 Å². The van der Waals surface area contributed by atoms with Crippen LogP contribution in [0.4, 0.5) is 30.7 Å². The number of rotatable bonds is 28. The van der Waals surface area contributed by atoms with Crippen LogP contribution in [-0.2, 0) is 70.1 Å². The third-order valence-electron chi connectivity index (χ3n) is 12.2. The van der Waals surface area contributed by atoms with Gasteiger partial charge in [-0.1, -0.05) is 79.2 Å². The Bertz CT molecular complexity index is 2410. The molecule has 0 aromatic heterocycles. The zero-order valence-corrected chi connectivity index (χ0v) is 49.6. The van der Waals surface area contributed by atoms with Crippen LogP contribution in [0.15, 0.2) is 58.3 Å². The van der Waals surface area contributed by atoms with E-state index in [9.17, 15) is 64.7 Å². The molecule has 0 heterocycles. The van der Waals surface area contributed by atoms with Gasteiger partial charge in [-0.2, -0.15) is 26.3 Å². The van der Waals surface area contributed by atoms with E-state index < -0.39 is 125 Å². The number of carbonyl (C=O) groups is 8. The standard InChI is InChI=1S/C55H77F7N4O12S2/c1-16-17-40(64(13)44(68)32(2)75-47(71)39(63-12)28-51(4,5)6)48(72)78-43(27-35-20-24-38(25-21-35)80-55(60,61)62)46(70)66(15)41(29-52(7,8)9)49(73)76-33(3)45(69)65(14)42(30-53(10,11)56)50(74)77-36(31-67)26-34-18-22-37(23-19-34)79-54(57,58)59/h18-25,31-33,36,39-43,63H,16-17,26-30H2,1-15H3/t32-,33-,36+,39+,40+,41+,42+,43+/m1/s1. The number of hydrogen-bond acceptors (Lipinski definition) is 15. The van der Waals surface area contributed by atoms with E-state index in [2.05, 4.69) is 5.32 Å². The van der Waals surface area contributed by atoms with Crippen LogP contribution in [0, 0.1) is 10.8 Å². The van der Waals surface area contributed by atoms with E-state index in [0.29, 0.717) is 18.4 Å². The van der Waals surface area contributed by atoms with E-state index in [1.54, 1.807) is 34.7 Å². The van der Waals surface area contributed by atoms with Crippen LogP contribution in [0.5, 0.6) is 0 Å². The molecule has 0 aliphatic carbocycles. The van der Waals surface area contributed by atoms with E-state index in [-0.39, 0.29) is 69.8 Å². The molecule has 0 aliphatic heterocycles. The highest BCUT2D eigenvalue weighted by molar-refractivity contribution is 8.00. The van der Waals surface area contributed by atoms with Crippen molar-refractivity contribution in [2.45, 2.75) is 196 Å². The fraction of sp³-hybridized carbons (Fsp3) is 0.636. The molecule has 80 heavy (non-hydrogen) atoms. The number of aldehydes is 1. The number of alkyl halides is 7. The molecule has 450 valence electrons. The van der Waals surface area contributed by atoms with Crippen LogP contribution in [0.3, 0.4) is 0 Å². The average Bonchev–Trinajstić information content (AvgIpc) is 3.33. The lowest BCUT2D eigenvalue weighted by molar-refractivity contribution is -0.174. The monoisotopic (exact) mass is 1180 g/mol. The molecule has 0 saturated carbocycles. The summed E-state index contributed by atoms with van der Waals surface area (Å²) in [4.78, 5) is 113. The van der Waals surface area contributed by atoms with Crippen molar-refractivity contribution >= 4 is 71.4 Å². The number of esters is 4. The van der Waals surface area contributed by atoms with Gasteiger partial charge in [0, 0.05) is 50.2 Å². The first-order chi connectivity index (χ1) is 36.6. The Morgan fingerprint density at radius 1 is 0.550 bits per heavy atom. The molecule has 25 heteroatoms. The highest BCUT2D eigenvalue weighted by atomic mass is 32.2. The highest BCUT2D eigenvalue weighted by Gasteiger charge is 2.43. The van der Waals surface area contributed by atoms with E-state index in [4.69, 9.17) is 18.9 Å². The third-order valence-corrected chi connectivity index (χ3v) is 13.6. The number of thioether (sulfide) groups is 2. The van der Waals surface area contributed by atoms with Gasteiger partial charge >= 0.3 is 34.9 Å². The van der Waals surface area contributed by atoms with Gasteiger partial charge in [0.15, 0.2) is 30.7 Å². The fourth-order valence-electron chi connectivity index (χ4n) is 8.17. The minimum atomic E-state index is -4.62. The lowest BCUT2D eigenvalue weighted by Crippen LogP contribution is -2.54. The van der Waals surface area contributed by atoms with Gasteiger partial charge in [-0.3, -0.25) is 24.0 Å². The van der Waals surface area contributed by atoms with Crippen LogP contribution in [-0.4, -0.2) is 156 Å². The topological polar surface area (TPSA) is 195 Å². The number of carbonyl (C=O) groups excluding carboxylic acids is 8.